The number of barbiturate groups is 1. The minimum absolute atomic E-state index is 0.156. The maximum absolute atomic E-state index is 12.7. The summed E-state index contributed by atoms with van der Waals surface area (Å²) < 4.78 is 3.41. The molecule has 4 amide bonds. The van der Waals surface area contributed by atoms with Gasteiger partial charge in [-0.25, -0.2) is 4.79 Å². The van der Waals surface area contributed by atoms with Crippen LogP contribution in [0, 0.1) is 5.92 Å². The highest BCUT2D eigenvalue weighted by Crippen LogP contribution is 2.35. The third-order valence-corrected chi connectivity index (χ3v) is 5.14. The van der Waals surface area contributed by atoms with E-state index in [2.05, 4.69) is 19.2 Å². The molecule has 0 radical (unpaired) electrons. The third kappa shape index (κ3) is 4.46. The van der Waals surface area contributed by atoms with E-state index in [4.69, 9.17) is 4.74 Å². The van der Waals surface area contributed by atoms with Crippen molar-refractivity contribution in [1.82, 2.24) is 10.2 Å². The smallest absolute Gasteiger partial charge is 0.331 e. The Morgan fingerprint density at radius 1 is 1.30 bits per heavy atom. The third-order valence-electron chi connectivity index (χ3n) is 3.56. The van der Waals surface area contributed by atoms with Crippen LogP contribution in [0.3, 0.4) is 0 Å². The number of carbonyl (C=O) groups is 4. The fraction of sp³-hybridized carbons (Fsp3) is 0.733. The van der Waals surface area contributed by atoms with Crippen molar-refractivity contribution in [3.8, 4) is 0 Å². The molecular formula is C15H24N2O5S. The standard InChI is InChI=1S/C15H24N2O5S/c1-5-15(23-8-7-10(3)4)12(19)16-14(21)17(13(15)20)9-11(18)22-6-2/h10H,5-9H2,1-4H3,(H,16,19,21). The highest BCUT2D eigenvalue weighted by Gasteiger charge is 2.53. The van der Waals surface area contributed by atoms with E-state index in [0.717, 1.165) is 11.3 Å². The van der Waals surface area contributed by atoms with E-state index < -0.39 is 35.1 Å². The average molecular weight is 344 g/mol. The highest BCUT2D eigenvalue weighted by molar-refractivity contribution is 8.02. The number of amides is 4. The van der Waals surface area contributed by atoms with Crippen LogP contribution in [-0.4, -0.2) is 52.4 Å². The molecule has 1 heterocycles. The van der Waals surface area contributed by atoms with Crippen molar-refractivity contribution in [1.29, 1.82) is 0 Å². The Kier molecular flexibility index (Phi) is 7.05. The lowest BCUT2D eigenvalue weighted by molar-refractivity contribution is -0.150. The molecular weight excluding hydrogens is 320 g/mol. The van der Waals surface area contributed by atoms with Gasteiger partial charge in [-0.1, -0.05) is 20.8 Å². The van der Waals surface area contributed by atoms with Gasteiger partial charge in [-0.15, -0.1) is 11.8 Å². The summed E-state index contributed by atoms with van der Waals surface area (Å²) >= 11 is 1.23. The van der Waals surface area contributed by atoms with Crippen LogP contribution >= 0.6 is 11.8 Å². The van der Waals surface area contributed by atoms with Gasteiger partial charge in [-0.2, -0.15) is 0 Å². The largest absolute Gasteiger partial charge is 0.465 e. The molecule has 130 valence electrons. The van der Waals surface area contributed by atoms with Crippen LogP contribution in [0.1, 0.15) is 40.5 Å². The van der Waals surface area contributed by atoms with Crippen LogP contribution in [0.15, 0.2) is 0 Å². The Bertz CT molecular complexity index is 494. The number of ether oxygens (including phenoxy) is 1. The van der Waals surface area contributed by atoms with Gasteiger partial charge in [0.05, 0.1) is 6.61 Å². The van der Waals surface area contributed by atoms with Gasteiger partial charge in [0, 0.05) is 0 Å². The number of esters is 1. The van der Waals surface area contributed by atoms with Crippen LogP contribution in [0.4, 0.5) is 4.79 Å². The summed E-state index contributed by atoms with van der Waals surface area (Å²) in [5.41, 5.74) is 0. The first-order chi connectivity index (χ1) is 10.8. The van der Waals surface area contributed by atoms with Crippen molar-refractivity contribution >= 4 is 35.6 Å². The predicted octanol–water partition coefficient (Wildman–Crippen LogP) is 1.56. The number of hydrogen-bond acceptors (Lipinski definition) is 6. The SMILES string of the molecule is CCOC(=O)CN1C(=O)NC(=O)C(CC)(SCCC(C)C)C1=O. The van der Waals surface area contributed by atoms with E-state index in [-0.39, 0.29) is 13.0 Å². The number of imide groups is 2. The number of nitrogens with zero attached hydrogens (tertiary/aromatic N) is 1. The molecule has 0 spiro atoms. The molecule has 0 bridgehead atoms. The van der Waals surface area contributed by atoms with Gasteiger partial charge in [-0.05, 0) is 31.4 Å². The van der Waals surface area contributed by atoms with Crippen LogP contribution in [0.5, 0.6) is 0 Å². The summed E-state index contributed by atoms with van der Waals surface area (Å²) in [6, 6.07) is -0.874. The highest BCUT2D eigenvalue weighted by atomic mass is 32.2. The molecule has 1 N–H and O–H groups in total. The van der Waals surface area contributed by atoms with Crippen molar-refractivity contribution in [3.63, 3.8) is 0 Å². The fourth-order valence-corrected chi connectivity index (χ4v) is 3.72. The summed E-state index contributed by atoms with van der Waals surface area (Å²) in [7, 11) is 0. The monoisotopic (exact) mass is 344 g/mol. The second-order valence-corrected chi connectivity index (χ2v) is 7.06. The van der Waals surface area contributed by atoms with Crippen LogP contribution in [-0.2, 0) is 19.1 Å². The number of nitrogens with one attached hydrogen (secondary N) is 1. The zero-order valence-electron chi connectivity index (χ0n) is 14.0. The minimum Gasteiger partial charge on any atom is -0.465 e. The molecule has 1 fully saturated rings. The summed E-state index contributed by atoms with van der Waals surface area (Å²) in [5.74, 6) is -0.871. The van der Waals surface area contributed by atoms with Gasteiger partial charge in [0.1, 0.15) is 6.54 Å². The molecule has 0 aromatic heterocycles. The Hall–Kier alpha value is -1.57. The van der Waals surface area contributed by atoms with Crippen molar-refractivity contribution in [3.05, 3.63) is 0 Å². The van der Waals surface area contributed by atoms with Crippen molar-refractivity contribution in [2.24, 2.45) is 5.92 Å². The summed E-state index contributed by atoms with van der Waals surface area (Å²) in [6.07, 6.45) is 1.09. The minimum atomic E-state index is -1.37. The lowest BCUT2D eigenvalue weighted by Gasteiger charge is -2.37. The molecule has 0 aromatic rings. The first-order valence-electron chi connectivity index (χ1n) is 7.75. The van der Waals surface area contributed by atoms with E-state index in [1.54, 1.807) is 13.8 Å². The molecule has 8 heteroatoms. The van der Waals surface area contributed by atoms with E-state index >= 15 is 0 Å². The summed E-state index contributed by atoms with van der Waals surface area (Å²) in [5, 5.41) is 2.19. The second kappa shape index (κ2) is 8.33. The molecule has 7 nitrogen and oxygen atoms in total. The number of hydrogen-bond donors (Lipinski definition) is 1. The normalized spacial score (nSPS) is 21.6. The number of rotatable bonds is 8. The molecule has 1 rings (SSSR count). The second-order valence-electron chi connectivity index (χ2n) is 5.67. The number of urea groups is 1. The molecule has 1 aliphatic heterocycles. The average Bonchev–Trinajstić information content (AvgIpc) is 2.47. The van der Waals surface area contributed by atoms with Gasteiger partial charge in [-0.3, -0.25) is 24.6 Å². The van der Waals surface area contributed by atoms with Gasteiger partial charge in [0.15, 0.2) is 4.75 Å². The molecule has 1 saturated heterocycles. The van der Waals surface area contributed by atoms with Crippen molar-refractivity contribution < 1.29 is 23.9 Å². The van der Waals surface area contributed by atoms with E-state index in [0.29, 0.717) is 11.7 Å². The Balaban J connectivity index is 2.95. The molecule has 1 atom stereocenters. The lowest BCUT2D eigenvalue weighted by atomic mass is 10.0. The quantitative estimate of drug-likeness (QED) is 0.530. The topological polar surface area (TPSA) is 92.8 Å². The zero-order chi connectivity index (χ0) is 17.6. The van der Waals surface area contributed by atoms with Crippen molar-refractivity contribution in [2.45, 2.75) is 45.3 Å². The Morgan fingerprint density at radius 2 is 1.96 bits per heavy atom. The van der Waals surface area contributed by atoms with Crippen molar-refractivity contribution in [2.75, 3.05) is 18.9 Å². The molecule has 0 saturated carbocycles. The molecule has 0 aliphatic carbocycles. The Labute approximate surface area is 140 Å². The predicted molar refractivity (Wildman–Crippen MR) is 86.8 cm³/mol. The maximum Gasteiger partial charge on any atom is 0.331 e. The first-order valence-corrected chi connectivity index (χ1v) is 8.74. The fourth-order valence-electron chi connectivity index (χ4n) is 2.16. The molecule has 23 heavy (non-hydrogen) atoms. The summed E-state index contributed by atoms with van der Waals surface area (Å²) in [4.78, 5) is 49.3. The molecule has 1 aliphatic rings. The summed E-state index contributed by atoms with van der Waals surface area (Å²) in [6.45, 7) is 7.13. The molecule has 0 aromatic carbocycles. The van der Waals surface area contributed by atoms with Gasteiger partial charge < -0.3 is 4.74 Å². The number of carbonyl (C=O) groups excluding carboxylic acids is 4. The Morgan fingerprint density at radius 3 is 2.48 bits per heavy atom. The van der Waals surface area contributed by atoms with Crippen LogP contribution in [0.25, 0.3) is 0 Å². The number of thioether (sulfide) groups is 1. The van der Waals surface area contributed by atoms with Gasteiger partial charge >= 0.3 is 12.0 Å². The van der Waals surface area contributed by atoms with E-state index in [9.17, 15) is 19.2 Å². The van der Waals surface area contributed by atoms with Gasteiger partial charge in [0.2, 0.25) is 0 Å². The zero-order valence-corrected chi connectivity index (χ0v) is 14.8. The van der Waals surface area contributed by atoms with Gasteiger partial charge in [0.25, 0.3) is 11.8 Å². The lowest BCUT2D eigenvalue weighted by Crippen LogP contribution is -2.67. The van der Waals surface area contributed by atoms with Crippen LogP contribution in [0.2, 0.25) is 0 Å². The van der Waals surface area contributed by atoms with E-state index in [1.807, 2.05) is 0 Å². The first kappa shape index (κ1) is 19.5. The van der Waals surface area contributed by atoms with Crippen LogP contribution < -0.4 is 5.32 Å². The molecule has 1 unspecified atom stereocenters. The van der Waals surface area contributed by atoms with E-state index in [1.165, 1.54) is 11.8 Å². The maximum atomic E-state index is 12.7.